The van der Waals surface area contributed by atoms with Crippen LogP contribution in [0.25, 0.3) is 0 Å². The summed E-state index contributed by atoms with van der Waals surface area (Å²) in [7, 11) is 0. The zero-order valence-corrected chi connectivity index (χ0v) is 9.60. The molecule has 0 saturated heterocycles. The number of hydrogen-bond donors (Lipinski definition) is 3. The molecule has 1 atom stereocenters. The van der Waals surface area contributed by atoms with Crippen LogP contribution in [-0.4, -0.2) is 22.8 Å². The number of carboxylic acids is 1. The van der Waals surface area contributed by atoms with E-state index in [9.17, 15) is 9.90 Å². The Balaban J connectivity index is 2.20. The number of hydrogen-bond acceptors (Lipinski definition) is 3. The molecule has 4 nitrogen and oxygen atoms in total. The summed E-state index contributed by atoms with van der Waals surface area (Å²) in [4.78, 5) is 10.6. The van der Waals surface area contributed by atoms with Crippen molar-refractivity contribution in [1.29, 1.82) is 0 Å². The van der Waals surface area contributed by atoms with Crippen molar-refractivity contribution in [3.05, 3.63) is 35.4 Å². The zero-order chi connectivity index (χ0) is 12.5. The molecule has 1 aliphatic rings. The van der Waals surface area contributed by atoms with E-state index in [0.717, 1.165) is 24.0 Å². The summed E-state index contributed by atoms with van der Waals surface area (Å²) >= 11 is 0. The van der Waals surface area contributed by atoms with Gasteiger partial charge in [0.15, 0.2) is 0 Å². The van der Waals surface area contributed by atoms with E-state index < -0.39 is 12.0 Å². The minimum atomic E-state index is -0.897. The van der Waals surface area contributed by atoms with Gasteiger partial charge in [-0.05, 0) is 24.0 Å². The summed E-state index contributed by atoms with van der Waals surface area (Å²) in [6, 6.07) is 7.13. The molecule has 1 aromatic carbocycles. The molecule has 1 unspecified atom stereocenters. The minimum Gasteiger partial charge on any atom is -0.481 e. The lowest BCUT2D eigenvalue weighted by atomic mass is 9.93. The predicted octanol–water partition coefficient (Wildman–Crippen LogP) is 1.18. The fraction of sp³-hybridized carbons (Fsp3) is 0.462. The number of rotatable bonds is 5. The number of benzene rings is 1. The van der Waals surface area contributed by atoms with Gasteiger partial charge in [0.2, 0.25) is 0 Å². The molecule has 0 aromatic heterocycles. The van der Waals surface area contributed by atoms with E-state index in [1.807, 2.05) is 24.3 Å². The van der Waals surface area contributed by atoms with Gasteiger partial charge >= 0.3 is 5.97 Å². The molecule has 1 fully saturated rings. The standard InChI is InChI=1S/C13H17NO3/c14-11(7-12(16)17)9-2-1-3-10(6-9)13(8-15)4-5-13/h1-3,6,11,15H,4-5,7-8,14H2,(H,16,17). The van der Waals surface area contributed by atoms with Gasteiger partial charge in [0.1, 0.15) is 0 Å². The second kappa shape index (κ2) is 4.47. The lowest BCUT2D eigenvalue weighted by molar-refractivity contribution is -0.137. The highest BCUT2D eigenvalue weighted by Crippen LogP contribution is 2.47. The lowest BCUT2D eigenvalue weighted by Gasteiger charge is -2.16. The van der Waals surface area contributed by atoms with E-state index in [4.69, 9.17) is 10.8 Å². The number of carbonyl (C=O) groups is 1. The summed E-state index contributed by atoms with van der Waals surface area (Å²) < 4.78 is 0. The quantitative estimate of drug-likeness (QED) is 0.715. The summed E-state index contributed by atoms with van der Waals surface area (Å²) in [5.41, 5.74) is 7.62. The van der Waals surface area contributed by atoms with Crippen molar-refractivity contribution in [2.45, 2.75) is 30.7 Å². The summed E-state index contributed by atoms with van der Waals surface area (Å²) in [5, 5.41) is 18.1. The molecule has 0 heterocycles. The first-order valence-corrected chi connectivity index (χ1v) is 5.76. The van der Waals surface area contributed by atoms with Crippen LogP contribution in [0.1, 0.15) is 36.4 Å². The summed E-state index contributed by atoms with van der Waals surface area (Å²) in [6.45, 7) is 0.143. The Kier molecular flexibility index (Phi) is 3.17. The highest BCUT2D eigenvalue weighted by molar-refractivity contribution is 5.67. The fourth-order valence-electron chi connectivity index (χ4n) is 2.09. The van der Waals surface area contributed by atoms with Crippen LogP contribution in [0.5, 0.6) is 0 Å². The number of nitrogens with two attached hydrogens (primary N) is 1. The molecule has 0 aliphatic heterocycles. The first kappa shape index (κ1) is 12.1. The van der Waals surface area contributed by atoms with Crippen molar-refractivity contribution in [2.24, 2.45) is 5.73 Å². The number of aliphatic hydroxyl groups is 1. The maximum Gasteiger partial charge on any atom is 0.305 e. The third-order valence-corrected chi connectivity index (χ3v) is 3.48. The van der Waals surface area contributed by atoms with Crippen LogP contribution in [-0.2, 0) is 10.2 Å². The molecule has 0 bridgehead atoms. The van der Waals surface area contributed by atoms with Gasteiger partial charge in [-0.2, -0.15) is 0 Å². The third-order valence-electron chi connectivity index (χ3n) is 3.48. The van der Waals surface area contributed by atoms with Gasteiger partial charge in [-0.3, -0.25) is 4.79 Å². The summed E-state index contributed by atoms with van der Waals surface area (Å²) in [6.07, 6.45) is 1.90. The van der Waals surface area contributed by atoms with Crippen molar-refractivity contribution < 1.29 is 15.0 Å². The molecule has 0 amide bonds. The monoisotopic (exact) mass is 235 g/mol. The SMILES string of the molecule is NC(CC(=O)O)c1cccc(C2(CO)CC2)c1. The largest absolute Gasteiger partial charge is 0.481 e. The molecule has 92 valence electrons. The molecule has 0 radical (unpaired) electrons. The highest BCUT2D eigenvalue weighted by Gasteiger charge is 2.43. The average molecular weight is 235 g/mol. The van der Waals surface area contributed by atoms with E-state index in [-0.39, 0.29) is 18.4 Å². The highest BCUT2D eigenvalue weighted by atomic mass is 16.4. The van der Waals surface area contributed by atoms with Gasteiger partial charge in [0.05, 0.1) is 13.0 Å². The molecule has 0 spiro atoms. The number of carboxylic acid groups (broad SMARTS) is 1. The Morgan fingerprint density at radius 3 is 2.71 bits per heavy atom. The van der Waals surface area contributed by atoms with Crippen LogP contribution in [0.2, 0.25) is 0 Å². The first-order chi connectivity index (χ1) is 8.07. The second-order valence-electron chi connectivity index (χ2n) is 4.77. The molecule has 4 heteroatoms. The van der Waals surface area contributed by atoms with E-state index in [1.165, 1.54) is 0 Å². The van der Waals surface area contributed by atoms with Crippen LogP contribution in [0.4, 0.5) is 0 Å². The normalized spacial score (nSPS) is 18.7. The van der Waals surface area contributed by atoms with Gasteiger partial charge in [-0.1, -0.05) is 24.3 Å². The first-order valence-electron chi connectivity index (χ1n) is 5.76. The number of aliphatic hydroxyl groups excluding tert-OH is 1. The molecular weight excluding hydrogens is 218 g/mol. The van der Waals surface area contributed by atoms with Gasteiger partial charge in [-0.15, -0.1) is 0 Å². The number of aliphatic carboxylic acids is 1. The molecule has 1 saturated carbocycles. The Labute approximate surface area is 100 Å². The zero-order valence-electron chi connectivity index (χ0n) is 9.60. The molecule has 17 heavy (non-hydrogen) atoms. The fourth-order valence-corrected chi connectivity index (χ4v) is 2.09. The maximum absolute atomic E-state index is 10.6. The predicted molar refractivity (Wildman–Crippen MR) is 63.6 cm³/mol. The molecule has 2 rings (SSSR count). The molecular formula is C13H17NO3. The van der Waals surface area contributed by atoms with Gasteiger partial charge in [-0.25, -0.2) is 0 Å². The third kappa shape index (κ3) is 2.48. The smallest absolute Gasteiger partial charge is 0.305 e. The van der Waals surface area contributed by atoms with Crippen LogP contribution in [0, 0.1) is 0 Å². The van der Waals surface area contributed by atoms with Gasteiger partial charge in [0, 0.05) is 11.5 Å². The maximum atomic E-state index is 10.6. The Bertz CT molecular complexity index is 426. The van der Waals surface area contributed by atoms with Gasteiger partial charge < -0.3 is 15.9 Å². The Morgan fingerprint density at radius 1 is 1.47 bits per heavy atom. The van der Waals surface area contributed by atoms with Crippen LogP contribution in [0.15, 0.2) is 24.3 Å². The van der Waals surface area contributed by atoms with Crippen molar-refractivity contribution in [3.8, 4) is 0 Å². The van der Waals surface area contributed by atoms with E-state index >= 15 is 0 Å². The van der Waals surface area contributed by atoms with Crippen molar-refractivity contribution in [3.63, 3.8) is 0 Å². The van der Waals surface area contributed by atoms with E-state index in [0.29, 0.717) is 0 Å². The van der Waals surface area contributed by atoms with E-state index in [2.05, 4.69) is 0 Å². The van der Waals surface area contributed by atoms with Crippen molar-refractivity contribution in [2.75, 3.05) is 6.61 Å². The second-order valence-corrected chi connectivity index (χ2v) is 4.77. The Morgan fingerprint density at radius 2 is 2.18 bits per heavy atom. The molecule has 1 aromatic rings. The van der Waals surface area contributed by atoms with Crippen molar-refractivity contribution in [1.82, 2.24) is 0 Å². The topological polar surface area (TPSA) is 83.6 Å². The van der Waals surface area contributed by atoms with Crippen molar-refractivity contribution >= 4 is 5.97 Å². The van der Waals surface area contributed by atoms with Crippen LogP contribution >= 0.6 is 0 Å². The molecule has 4 N–H and O–H groups in total. The van der Waals surface area contributed by atoms with E-state index in [1.54, 1.807) is 0 Å². The van der Waals surface area contributed by atoms with Crippen LogP contribution < -0.4 is 5.73 Å². The minimum absolute atomic E-state index is 0.0738. The Hall–Kier alpha value is -1.39. The van der Waals surface area contributed by atoms with Gasteiger partial charge in [0.25, 0.3) is 0 Å². The average Bonchev–Trinajstić information content (AvgIpc) is 3.09. The molecule has 1 aliphatic carbocycles. The lowest BCUT2D eigenvalue weighted by Crippen LogP contribution is -2.17. The summed E-state index contributed by atoms with van der Waals surface area (Å²) in [5.74, 6) is -0.897. The van der Waals surface area contributed by atoms with Crippen LogP contribution in [0.3, 0.4) is 0 Å².